The van der Waals surface area contributed by atoms with Gasteiger partial charge in [-0.25, -0.2) is 0 Å². The molecule has 0 bridgehead atoms. The van der Waals surface area contributed by atoms with Crippen LogP contribution >= 0.6 is 11.8 Å². The Kier molecular flexibility index (Phi) is 13.3. The number of thioether (sulfide) groups is 1. The lowest BCUT2D eigenvalue weighted by atomic mass is 10.4. The van der Waals surface area contributed by atoms with E-state index in [0.717, 1.165) is 5.75 Å². The average Bonchev–Trinajstić information content (AvgIpc) is 2.31. The lowest BCUT2D eigenvalue weighted by Gasteiger charge is -2.07. The first-order valence-electron chi connectivity index (χ1n) is 5.32. The Labute approximate surface area is 101 Å². The molecule has 0 aliphatic heterocycles. The van der Waals surface area contributed by atoms with E-state index in [1.807, 2.05) is 0 Å². The van der Waals surface area contributed by atoms with Gasteiger partial charge < -0.3 is 24.4 Å². The van der Waals surface area contributed by atoms with Gasteiger partial charge in [0.1, 0.15) is 0 Å². The van der Waals surface area contributed by atoms with Crippen LogP contribution in [-0.2, 0) is 14.2 Å². The molecule has 0 heterocycles. The molecule has 0 aliphatic rings. The molecule has 0 rings (SSSR count). The van der Waals surface area contributed by atoms with Gasteiger partial charge in [0.2, 0.25) is 0 Å². The van der Waals surface area contributed by atoms with Gasteiger partial charge in [0.25, 0.3) is 0 Å². The first-order valence-corrected chi connectivity index (χ1v) is 6.47. The molecule has 6 heteroatoms. The average molecular weight is 254 g/mol. The molecule has 0 radical (unpaired) electrons. The molecule has 0 fully saturated rings. The number of aliphatic hydroxyl groups is 2. The minimum Gasteiger partial charge on any atom is -0.394 e. The summed E-state index contributed by atoms with van der Waals surface area (Å²) in [4.78, 5) is 0. The maximum Gasteiger partial charge on any atom is 0.0861 e. The van der Waals surface area contributed by atoms with E-state index in [1.165, 1.54) is 0 Å². The summed E-state index contributed by atoms with van der Waals surface area (Å²) in [6, 6.07) is 0. The van der Waals surface area contributed by atoms with Crippen molar-refractivity contribution in [1.82, 2.24) is 0 Å². The number of hydrogen-bond donors (Lipinski definition) is 2. The first-order chi connectivity index (χ1) is 7.81. The van der Waals surface area contributed by atoms with E-state index in [0.29, 0.717) is 38.8 Å². The zero-order valence-corrected chi connectivity index (χ0v) is 10.6. The highest BCUT2D eigenvalue weighted by Gasteiger charge is 2.00. The summed E-state index contributed by atoms with van der Waals surface area (Å²) in [5, 5.41) is 17.6. The molecular weight excluding hydrogens is 232 g/mol. The van der Waals surface area contributed by atoms with Gasteiger partial charge in [0, 0.05) is 18.6 Å². The van der Waals surface area contributed by atoms with Crippen LogP contribution in [-0.4, -0.2) is 74.6 Å². The molecule has 1 unspecified atom stereocenters. The second-order valence-corrected chi connectivity index (χ2v) is 4.28. The van der Waals surface area contributed by atoms with Gasteiger partial charge in [-0.2, -0.15) is 11.8 Å². The van der Waals surface area contributed by atoms with Gasteiger partial charge in [-0.3, -0.25) is 0 Å². The highest BCUT2D eigenvalue weighted by atomic mass is 32.2. The highest BCUT2D eigenvalue weighted by molar-refractivity contribution is 7.99. The highest BCUT2D eigenvalue weighted by Crippen LogP contribution is 2.02. The van der Waals surface area contributed by atoms with Crippen LogP contribution in [0.2, 0.25) is 0 Å². The fraction of sp³-hybridized carbons (Fsp3) is 1.00. The van der Waals surface area contributed by atoms with E-state index in [4.69, 9.17) is 24.4 Å². The molecule has 0 aromatic carbocycles. The van der Waals surface area contributed by atoms with E-state index in [1.54, 1.807) is 18.9 Å². The second kappa shape index (κ2) is 13.2. The summed E-state index contributed by atoms with van der Waals surface area (Å²) in [5.74, 6) is 1.36. The molecule has 5 nitrogen and oxygen atoms in total. The van der Waals surface area contributed by atoms with Crippen LogP contribution in [0.5, 0.6) is 0 Å². The molecule has 0 saturated heterocycles. The molecule has 98 valence electrons. The number of rotatable bonds is 12. The summed E-state index contributed by atoms with van der Waals surface area (Å²) in [7, 11) is 1.64. The Morgan fingerprint density at radius 3 is 2.31 bits per heavy atom. The van der Waals surface area contributed by atoms with Crippen LogP contribution in [0.4, 0.5) is 0 Å². The fourth-order valence-corrected chi connectivity index (χ4v) is 1.63. The van der Waals surface area contributed by atoms with Crippen molar-refractivity contribution >= 4 is 11.8 Å². The summed E-state index contributed by atoms with van der Waals surface area (Å²) >= 11 is 1.56. The predicted octanol–water partition coefficient (Wildman–Crippen LogP) is -0.248. The number of aliphatic hydroxyl groups excluding tert-OH is 2. The van der Waals surface area contributed by atoms with Crippen LogP contribution in [0.3, 0.4) is 0 Å². The van der Waals surface area contributed by atoms with Gasteiger partial charge in [0.15, 0.2) is 0 Å². The zero-order valence-electron chi connectivity index (χ0n) is 9.76. The third-order valence-corrected chi connectivity index (χ3v) is 2.77. The van der Waals surface area contributed by atoms with Gasteiger partial charge in [0.05, 0.1) is 45.7 Å². The van der Waals surface area contributed by atoms with E-state index in [-0.39, 0.29) is 6.61 Å². The summed E-state index contributed by atoms with van der Waals surface area (Å²) in [6.07, 6.45) is -0.623. The molecule has 0 spiro atoms. The van der Waals surface area contributed by atoms with Crippen LogP contribution in [0.1, 0.15) is 0 Å². The Hall–Kier alpha value is 0.150. The van der Waals surface area contributed by atoms with Crippen LogP contribution in [0.15, 0.2) is 0 Å². The molecule has 16 heavy (non-hydrogen) atoms. The molecule has 1 atom stereocenters. The summed E-state index contributed by atoms with van der Waals surface area (Å²) in [5.41, 5.74) is 0. The van der Waals surface area contributed by atoms with Crippen molar-refractivity contribution in [3.05, 3.63) is 0 Å². The van der Waals surface area contributed by atoms with Gasteiger partial charge >= 0.3 is 0 Å². The van der Waals surface area contributed by atoms with Crippen LogP contribution in [0.25, 0.3) is 0 Å². The molecule has 0 aromatic heterocycles. The quantitative estimate of drug-likeness (QED) is 0.468. The van der Waals surface area contributed by atoms with Crippen molar-refractivity contribution in [2.45, 2.75) is 6.10 Å². The largest absolute Gasteiger partial charge is 0.394 e. The van der Waals surface area contributed by atoms with E-state index in [9.17, 15) is 0 Å². The van der Waals surface area contributed by atoms with E-state index < -0.39 is 6.10 Å². The van der Waals surface area contributed by atoms with Gasteiger partial charge in [-0.1, -0.05) is 0 Å². The normalized spacial score (nSPS) is 12.9. The Balaban J connectivity index is 2.93. The zero-order chi connectivity index (χ0) is 12.1. The maximum atomic E-state index is 9.04. The van der Waals surface area contributed by atoms with Crippen molar-refractivity contribution in [1.29, 1.82) is 0 Å². The number of ether oxygens (including phenoxy) is 3. The lowest BCUT2D eigenvalue weighted by molar-refractivity contribution is 0.0286. The maximum absolute atomic E-state index is 9.04. The summed E-state index contributed by atoms with van der Waals surface area (Å²) in [6.45, 7) is 2.81. The lowest BCUT2D eigenvalue weighted by Crippen LogP contribution is -2.15. The fourth-order valence-electron chi connectivity index (χ4n) is 0.854. The summed E-state index contributed by atoms with van der Waals surface area (Å²) < 4.78 is 15.3. The number of hydrogen-bond acceptors (Lipinski definition) is 6. The molecule has 2 N–H and O–H groups in total. The van der Waals surface area contributed by atoms with Crippen molar-refractivity contribution in [2.24, 2.45) is 0 Å². The standard InChI is InChI=1S/C10H22O5S/c1-13-2-3-14-4-5-15-6-7-16-9-10(12)8-11/h10-12H,2-9H2,1H3. The SMILES string of the molecule is COCCOCCOCCSCC(O)CO. The van der Waals surface area contributed by atoms with Gasteiger partial charge in [-0.15, -0.1) is 0 Å². The molecule has 0 amide bonds. The van der Waals surface area contributed by atoms with Crippen molar-refractivity contribution in [3.63, 3.8) is 0 Å². The van der Waals surface area contributed by atoms with Crippen molar-refractivity contribution in [2.75, 3.05) is 58.3 Å². The minimum atomic E-state index is -0.623. The van der Waals surface area contributed by atoms with Gasteiger partial charge in [-0.05, 0) is 0 Å². The number of methoxy groups -OCH3 is 1. The molecule has 0 aromatic rings. The van der Waals surface area contributed by atoms with Crippen LogP contribution in [0, 0.1) is 0 Å². The Morgan fingerprint density at radius 1 is 1.06 bits per heavy atom. The predicted molar refractivity (Wildman–Crippen MR) is 63.9 cm³/mol. The molecule has 0 aliphatic carbocycles. The monoisotopic (exact) mass is 254 g/mol. The smallest absolute Gasteiger partial charge is 0.0861 e. The molecular formula is C10H22O5S. The molecule has 0 saturated carbocycles. The van der Waals surface area contributed by atoms with Crippen molar-refractivity contribution < 1.29 is 24.4 Å². The topological polar surface area (TPSA) is 68.2 Å². The second-order valence-electron chi connectivity index (χ2n) is 3.13. The first kappa shape index (κ1) is 16.1. The third kappa shape index (κ3) is 12.2. The Morgan fingerprint density at radius 2 is 1.69 bits per heavy atom. The minimum absolute atomic E-state index is 0.179. The van der Waals surface area contributed by atoms with E-state index in [2.05, 4.69) is 0 Å². The third-order valence-electron chi connectivity index (χ3n) is 1.70. The van der Waals surface area contributed by atoms with Crippen molar-refractivity contribution in [3.8, 4) is 0 Å². The van der Waals surface area contributed by atoms with E-state index >= 15 is 0 Å². The van der Waals surface area contributed by atoms with Crippen LogP contribution < -0.4 is 0 Å². The Bertz CT molecular complexity index is 136.